The third kappa shape index (κ3) is 5.49. The Morgan fingerprint density at radius 3 is 2.75 bits per heavy atom. The fourth-order valence-electron chi connectivity index (χ4n) is 1.11. The number of thiocarbonyl (C=S) groups is 1. The quantitative estimate of drug-likeness (QED) is 0.792. The summed E-state index contributed by atoms with van der Waals surface area (Å²) < 4.78 is 0.747. The van der Waals surface area contributed by atoms with Gasteiger partial charge in [-0.3, -0.25) is 0 Å². The van der Waals surface area contributed by atoms with Gasteiger partial charge in [-0.1, -0.05) is 61.2 Å². The first kappa shape index (κ1) is 13.5. The highest BCUT2D eigenvalue weighted by Gasteiger charge is 2.03. The maximum absolute atomic E-state index is 9.38. The van der Waals surface area contributed by atoms with Gasteiger partial charge >= 0.3 is 0 Å². The molecular formula is C12H17NOS2. The zero-order valence-electron chi connectivity index (χ0n) is 9.35. The van der Waals surface area contributed by atoms with Crippen molar-refractivity contribution in [3.8, 4) is 0 Å². The molecule has 0 spiro atoms. The summed E-state index contributed by atoms with van der Waals surface area (Å²) in [5.41, 5.74) is 1.21. The number of benzene rings is 1. The summed E-state index contributed by atoms with van der Waals surface area (Å²) in [5, 5.41) is 12.5. The molecule has 0 aliphatic heterocycles. The van der Waals surface area contributed by atoms with Crippen LogP contribution in [0.15, 0.2) is 30.3 Å². The van der Waals surface area contributed by atoms with E-state index in [1.165, 1.54) is 17.3 Å². The van der Waals surface area contributed by atoms with Crippen molar-refractivity contribution in [2.45, 2.75) is 26.0 Å². The van der Waals surface area contributed by atoms with Gasteiger partial charge in [-0.25, -0.2) is 0 Å². The molecule has 1 aromatic rings. The molecule has 1 atom stereocenters. The highest BCUT2D eigenvalue weighted by molar-refractivity contribution is 8.23. The summed E-state index contributed by atoms with van der Waals surface area (Å²) in [5.74, 6) is 0.664. The van der Waals surface area contributed by atoms with Crippen molar-refractivity contribution in [1.82, 2.24) is 5.32 Å². The van der Waals surface area contributed by atoms with E-state index < -0.39 is 0 Å². The van der Waals surface area contributed by atoms with E-state index in [1.807, 2.05) is 25.1 Å². The van der Waals surface area contributed by atoms with Crippen LogP contribution in [0, 0.1) is 0 Å². The van der Waals surface area contributed by atoms with E-state index in [-0.39, 0.29) is 6.10 Å². The molecule has 0 aromatic heterocycles. The highest BCUT2D eigenvalue weighted by Crippen LogP contribution is 2.07. The number of rotatable bonds is 5. The standard InChI is InChI=1S/C12H17NOS2/c1-2-11(14)9-16-12(15)13-8-10-6-4-3-5-7-10/h3-7,11,14H,2,8-9H2,1H3,(H,13,15). The van der Waals surface area contributed by atoms with Crippen LogP contribution in [0.1, 0.15) is 18.9 Å². The van der Waals surface area contributed by atoms with Crippen LogP contribution in [0.2, 0.25) is 0 Å². The molecule has 0 aliphatic rings. The van der Waals surface area contributed by atoms with Gasteiger partial charge < -0.3 is 10.4 Å². The topological polar surface area (TPSA) is 32.3 Å². The van der Waals surface area contributed by atoms with Gasteiger partial charge in [0.25, 0.3) is 0 Å². The van der Waals surface area contributed by atoms with Crippen molar-refractivity contribution in [3.05, 3.63) is 35.9 Å². The van der Waals surface area contributed by atoms with Gasteiger partial charge in [0.15, 0.2) is 0 Å². The molecule has 1 unspecified atom stereocenters. The number of thioether (sulfide) groups is 1. The van der Waals surface area contributed by atoms with Crippen LogP contribution >= 0.6 is 24.0 Å². The van der Waals surface area contributed by atoms with Gasteiger partial charge in [-0.2, -0.15) is 0 Å². The lowest BCUT2D eigenvalue weighted by Crippen LogP contribution is -2.20. The second-order valence-corrected chi connectivity index (χ2v) is 5.20. The Bertz CT molecular complexity index is 316. The minimum absolute atomic E-state index is 0.263. The van der Waals surface area contributed by atoms with Crippen molar-refractivity contribution in [2.75, 3.05) is 5.75 Å². The summed E-state index contributed by atoms with van der Waals surface area (Å²) in [6, 6.07) is 10.1. The second-order valence-electron chi connectivity index (χ2n) is 3.50. The normalized spacial score (nSPS) is 12.1. The van der Waals surface area contributed by atoms with Crippen LogP contribution in [0.3, 0.4) is 0 Å². The SMILES string of the molecule is CCC(O)CSC(=S)NCc1ccccc1. The van der Waals surface area contributed by atoms with Crippen LogP contribution in [0.5, 0.6) is 0 Å². The van der Waals surface area contributed by atoms with Crippen LogP contribution in [0.4, 0.5) is 0 Å². The van der Waals surface area contributed by atoms with Gasteiger partial charge in [0.2, 0.25) is 0 Å². The third-order valence-electron chi connectivity index (χ3n) is 2.16. The Hall–Kier alpha value is -0.580. The average molecular weight is 255 g/mol. The van der Waals surface area contributed by atoms with Crippen molar-refractivity contribution in [1.29, 1.82) is 0 Å². The Morgan fingerprint density at radius 2 is 2.12 bits per heavy atom. The van der Waals surface area contributed by atoms with Gasteiger partial charge in [-0.05, 0) is 12.0 Å². The molecule has 88 valence electrons. The lowest BCUT2D eigenvalue weighted by molar-refractivity contribution is 0.195. The van der Waals surface area contributed by atoms with E-state index in [2.05, 4.69) is 17.4 Å². The predicted octanol–water partition coefficient (Wildman–Crippen LogP) is 2.57. The predicted molar refractivity (Wildman–Crippen MR) is 74.6 cm³/mol. The molecule has 1 aromatic carbocycles. The van der Waals surface area contributed by atoms with Crippen LogP contribution in [0.25, 0.3) is 0 Å². The highest BCUT2D eigenvalue weighted by atomic mass is 32.2. The Labute approximate surface area is 106 Å². The van der Waals surface area contributed by atoms with Gasteiger partial charge in [0.05, 0.1) is 6.10 Å². The molecule has 16 heavy (non-hydrogen) atoms. The number of hydrogen-bond acceptors (Lipinski definition) is 3. The lowest BCUT2D eigenvalue weighted by atomic mass is 10.2. The molecule has 0 fully saturated rings. The second kappa shape index (κ2) is 7.65. The molecule has 0 heterocycles. The largest absolute Gasteiger partial charge is 0.392 e. The lowest BCUT2D eigenvalue weighted by Gasteiger charge is -2.09. The molecule has 0 saturated carbocycles. The molecule has 0 amide bonds. The van der Waals surface area contributed by atoms with Gasteiger partial charge in [0.1, 0.15) is 4.32 Å². The number of nitrogens with one attached hydrogen (secondary N) is 1. The zero-order chi connectivity index (χ0) is 11.8. The Kier molecular flexibility index (Phi) is 6.45. The van der Waals surface area contributed by atoms with E-state index in [0.717, 1.165) is 17.3 Å². The van der Waals surface area contributed by atoms with E-state index in [1.54, 1.807) is 0 Å². The monoisotopic (exact) mass is 255 g/mol. The zero-order valence-corrected chi connectivity index (χ0v) is 11.0. The first-order valence-electron chi connectivity index (χ1n) is 5.35. The summed E-state index contributed by atoms with van der Waals surface area (Å²) in [6.45, 7) is 2.71. The first-order valence-corrected chi connectivity index (χ1v) is 6.74. The van der Waals surface area contributed by atoms with Crippen molar-refractivity contribution in [2.24, 2.45) is 0 Å². The minimum Gasteiger partial charge on any atom is -0.392 e. The van der Waals surface area contributed by atoms with E-state index in [0.29, 0.717) is 5.75 Å². The summed E-state index contributed by atoms with van der Waals surface area (Å²) in [4.78, 5) is 0. The van der Waals surface area contributed by atoms with E-state index in [9.17, 15) is 5.11 Å². The molecule has 0 aliphatic carbocycles. The molecule has 4 heteroatoms. The Morgan fingerprint density at radius 1 is 1.44 bits per heavy atom. The fraction of sp³-hybridized carbons (Fsp3) is 0.417. The molecular weight excluding hydrogens is 238 g/mol. The molecule has 2 nitrogen and oxygen atoms in total. The number of aliphatic hydroxyl groups excluding tert-OH is 1. The van der Waals surface area contributed by atoms with Crippen molar-refractivity contribution < 1.29 is 5.11 Å². The van der Waals surface area contributed by atoms with Crippen molar-refractivity contribution >= 4 is 28.3 Å². The van der Waals surface area contributed by atoms with E-state index >= 15 is 0 Å². The molecule has 0 bridgehead atoms. The summed E-state index contributed by atoms with van der Waals surface area (Å²) in [7, 11) is 0. The Balaban J connectivity index is 2.20. The average Bonchev–Trinajstić information content (AvgIpc) is 2.34. The molecule has 0 saturated heterocycles. The maximum atomic E-state index is 9.38. The fourth-order valence-corrected chi connectivity index (χ4v) is 2.14. The van der Waals surface area contributed by atoms with Gasteiger partial charge in [-0.15, -0.1) is 0 Å². The van der Waals surface area contributed by atoms with Crippen LogP contribution in [-0.4, -0.2) is 21.3 Å². The summed E-state index contributed by atoms with van der Waals surface area (Å²) in [6.07, 6.45) is 0.510. The molecule has 1 rings (SSSR count). The third-order valence-corrected chi connectivity index (χ3v) is 3.61. The first-order chi connectivity index (χ1) is 7.72. The number of aliphatic hydroxyl groups is 1. The maximum Gasteiger partial charge on any atom is 0.134 e. The summed E-state index contributed by atoms with van der Waals surface area (Å²) >= 11 is 6.66. The van der Waals surface area contributed by atoms with E-state index in [4.69, 9.17) is 12.2 Å². The van der Waals surface area contributed by atoms with Crippen molar-refractivity contribution in [3.63, 3.8) is 0 Å². The molecule has 0 radical (unpaired) electrons. The van der Waals surface area contributed by atoms with Crippen LogP contribution < -0.4 is 5.32 Å². The number of hydrogen-bond donors (Lipinski definition) is 2. The molecule has 2 N–H and O–H groups in total. The minimum atomic E-state index is -0.263. The van der Waals surface area contributed by atoms with Crippen LogP contribution in [-0.2, 0) is 6.54 Å². The van der Waals surface area contributed by atoms with Gasteiger partial charge in [0, 0.05) is 12.3 Å². The smallest absolute Gasteiger partial charge is 0.134 e.